The number of nitrogens with zero attached hydrogens (tertiary/aromatic N) is 1. The molecule has 0 amide bonds. The molecule has 0 heterocycles. The van der Waals surface area contributed by atoms with Crippen molar-refractivity contribution in [2.75, 3.05) is 26.0 Å². The maximum atomic E-state index is 12.3. The van der Waals surface area contributed by atoms with Crippen LogP contribution in [0.3, 0.4) is 0 Å². The van der Waals surface area contributed by atoms with Crippen LogP contribution in [-0.4, -0.2) is 43.8 Å². The first-order valence-corrected chi connectivity index (χ1v) is 8.68. The average Bonchev–Trinajstić information content (AvgIpc) is 2.43. The van der Waals surface area contributed by atoms with E-state index < -0.39 is 10.0 Å². The molecule has 0 saturated heterocycles. The quantitative estimate of drug-likeness (QED) is 0.711. The Labute approximate surface area is 122 Å². The van der Waals surface area contributed by atoms with Crippen LogP contribution in [0.15, 0.2) is 30.3 Å². The van der Waals surface area contributed by atoms with Gasteiger partial charge in [-0.1, -0.05) is 37.3 Å². The highest BCUT2D eigenvalue weighted by Crippen LogP contribution is 2.18. The SMILES string of the molecule is CC(CS(=O)(=O)N(C)CCCCCO)c1ccccc1. The van der Waals surface area contributed by atoms with Gasteiger partial charge in [-0.05, 0) is 30.7 Å². The molecule has 114 valence electrons. The monoisotopic (exact) mass is 299 g/mol. The Balaban J connectivity index is 2.51. The molecule has 0 aliphatic heterocycles. The molecule has 0 aliphatic rings. The number of benzene rings is 1. The highest BCUT2D eigenvalue weighted by Gasteiger charge is 2.21. The number of hydrogen-bond acceptors (Lipinski definition) is 3. The zero-order valence-corrected chi connectivity index (χ0v) is 13.1. The van der Waals surface area contributed by atoms with Gasteiger partial charge in [0.15, 0.2) is 0 Å². The summed E-state index contributed by atoms with van der Waals surface area (Å²) >= 11 is 0. The summed E-state index contributed by atoms with van der Waals surface area (Å²) in [5.74, 6) is 0.120. The molecule has 0 spiro atoms. The Bertz CT molecular complexity index is 473. The Kier molecular flexibility index (Phi) is 7.19. The van der Waals surface area contributed by atoms with Gasteiger partial charge >= 0.3 is 0 Å². The molecule has 0 aliphatic carbocycles. The van der Waals surface area contributed by atoms with E-state index >= 15 is 0 Å². The molecule has 1 N–H and O–H groups in total. The van der Waals surface area contributed by atoms with E-state index in [2.05, 4.69) is 0 Å². The zero-order valence-electron chi connectivity index (χ0n) is 12.3. The molecule has 20 heavy (non-hydrogen) atoms. The van der Waals surface area contributed by atoms with E-state index in [9.17, 15) is 8.42 Å². The van der Waals surface area contributed by atoms with Crippen molar-refractivity contribution in [3.63, 3.8) is 0 Å². The van der Waals surface area contributed by atoms with E-state index in [1.807, 2.05) is 37.3 Å². The topological polar surface area (TPSA) is 57.6 Å². The minimum absolute atomic E-state index is 0.0129. The normalized spacial score (nSPS) is 13.6. The van der Waals surface area contributed by atoms with Crippen LogP contribution in [0.1, 0.15) is 37.7 Å². The second-order valence-corrected chi connectivity index (χ2v) is 7.32. The average molecular weight is 299 g/mol. The molecule has 0 saturated carbocycles. The summed E-state index contributed by atoms with van der Waals surface area (Å²) in [6.45, 7) is 2.62. The summed E-state index contributed by atoms with van der Waals surface area (Å²) < 4.78 is 25.9. The lowest BCUT2D eigenvalue weighted by molar-refractivity contribution is 0.281. The lowest BCUT2D eigenvalue weighted by Gasteiger charge is -2.20. The maximum absolute atomic E-state index is 12.3. The molecule has 1 rings (SSSR count). The van der Waals surface area contributed by atoms with Gasteiger partial charge in [0.2, 0.25) is 10.0 Å². The summed E-state index contributed by atoms with van der Waals surface area (Å²) in [5.41, 5.74) is 1.05. The van der Waals surface area contributed by atoms with Crippen molar-refractivity contribution in [2.45, 2.75) is 32.1 Å². The van der Waals surface area contributed by atoms with Gasteiger partial charge in [0, 0.05) is 20.2 Å². The van der Waals surface area contributed by atoms with Crippen LogP contribution in [0, 0.1) is 0 Å². The second-order valence-electron chi connectivity index (χ2n) is 5.20. The third-order valence-corrected chi connectivity index (χ3v) is 5.49. The maximum Gasteiger partial charge on any atom is 0.214 e. The van der Waals surface area contributed by atoms with Gasteiger partial charge in [-0.25, -0.2) is 12.7 Å². The number of aliphatic hydroxyl groups excluding tert-OH is 1. The first kappa shape index (κ1) is 17.1. The Morgan fingerprint density at radius 2 is 1.80 bits per heavy atom. The van der Waals surface area contributed by atoms with Crippen molar-refractivity contribution < 1.29 is 13.5 Å². The largest absolute Gasteiger partial charge is 0.396 e. The Hall–Kier alpha value is -0.910. The number of rotatable bonds is 9. The van der Waals surface area contributed by atoms with E-state index in [1.54, 1.807) is 7.05 Å². The Morgan fingerprint density at radius 1 is 1.15 bits per heavy atom. The lowest BCUT2D eigenvalue weighted by Crippen LogP contribution is -2.31. The molecule has 0 radical (unpaired) electrons. The minimum Gasteiger partial charge on any atom is -0.396 e. The summed E-state index contributed by atoms with van der Waals surface area (Å²) in [6.07, 6.45) is 2.37. The summed E-state index contributed by atoms with van der Waals surface area (Å²) in [7, 11) is -1.59. The summed E-state index contributed by atoms with van der Waals surface area (Å²) in [4.78, 5) is 0. The fourth-order valence-electron chi connectivity index (χ4n) is 2.08. The molecule has 1 unspecified atom stereocenters. The van der Waals surface area contributed by atoms with Crippen molar-refractivity contribution in [1.29, 1.82) is 0 Å². The number of sulfonamides is 1. The van der Waals surface area contributed by atoms with E-state index in [0.717, 1.165) is 24.8 Å². The molecular formula is C15H25NO3S. The van der Waals surface area contributed by atoms with Crippen LogP contribution in [-0.2, 0) is 10.0 Å². The van der Waals surface area contributed by atoms with Gasteiger partial charge in [0.1, 0.15) is 0 Å². The van der Waals surface area contributed by atoms with Crippen LogP contribution in [0.5, 0.6) is 0 Å². The van der Waals surface area contributed by atoms with Crippen LogP contribution >= 0.6 is 0 Å². The van der Waals surface area contributed by atoms with Crippen molar-refractivity contribution in [3.05, 3.63) is 35.9 Å². The molecule has 4 nitrogen and oxygen atoms in total. The van der Waals surface area contributed by atoms with Gasteiger partial charge in [0.05, 0.1) is 5.75 Å². The first-order valence-electron chi connectivity index (χ1n) is 7.07. The summed E-state index contributed by atoms with van der Waals surface area (Å²) in [6, 6.07) is 9.70. The molecule has 1 aromatic rings. The molecule has 5 heteroatoms. The fraction of sp³-hybridized carbons (Fsp3) is 0.600. The van der Waals surface area contributed by atoms with Gasteiger partial charge in [0.25, 0.3) is 0 Å². The van der Waals surface area contributed by atoms with Crippen LogP contribution in [0.4, 0.5) is 0 Å². The molecule has 0 aromatic heterocycles. The summed E-state index contributed by atoms with van der Waals surface area (Å²) in [5, 5.41) is 8.70. The van der Waals surface area contributed by atoms with Crippen LogP contribution in [0.25, 0.3) is 0 Å². The number of unbranched alkanes of at least 4 members (excludes halogenated alkanes) is 2. The Morgan fingerprint density at radius 3 is 2.40 bits per heavy atom. The van der Waals surface area contributed by atoms with Gasteiger partial charge < -0.3 is 5.11 Å². The van der Waals surface area contributed by atoms with Crippen molar-refractivity contribution >= 4 is 10.0 Å². The molecule has 1 atom stereocenters. The number of hydrogen-bond donors (Lipinski definition) is 1. The highest BCUT2D eigenvalue weighted by molar-refractivity contribution is 7.89. The predicted octanol–water partition coefficient (Wildman–Crippen LogP) is 2.21. The van der Waals surface area contributed by atoms with Gasteiger partial charge in [-0.2, -0.15) is 0 Å². The standard InChI is InChI=1S/C15H25NO3S/c1-14(15-9-5-3-6-10-15)13-20(18,19)16(2)11-7-4-8-12-17/h3,5-6,9-10,14,17H,4,7-8,11-13H2,1-2H3. The van der Waals surface area contributed by atoms with Gasteiger partial charge in [-0.3, -0.25) is 0 Å². The van der Waals surface area contributed by atoms with Gasteiger partial charge in [-0.15, -0.1) is 0 Å². The zero-order chi connectivity index (χ0) is 15.0. The lowest BCUT2D eigenvalue weighted by atomic mass is 10.0. The smallest absolute Gasteiger partial charge is 0.214 e. The molecular weight excluding hydrogens is 274 g/mol. The first-order chi connectivity index (χ1) is 9.47. The van der Waals surface area contributed by atoms with Crippen molar-refractivity contribution in [2.24, 2.45) is 0 Å². The third-order valence-electron chi connectivity index (χ3n) is 3.44. The van der Waals surface area contributed by atoms with Crippen LogP contribution in [0.2, 0.25) is 0 Å². The van der Waals surface area contributed by atoms with E-state index in [0.29, 0.717) is 6.54 Å². The van der Waals surface area contributed by atoms with E-state index in [4.69, 9.17) is 5.11 Å². The molecule has 0 bridgehead atoms. The third kappa shape index (κ3) is 5.61. The second kappa shape index (κ2) is 8.39. The highest BCUT2D eigenvalue weighted by atomic mass is 32.2. The van der Waals surface area contributed by atoms with E-state index in [-0.39, 0.29) is 18.3 Å². The van der Waals surface area contributed by atoms with E-state index in [1.165, 1.54) is 4.31 Å². The minimum atomic E-state index is -3.22. The number of aliphatic hydroxyl groups is 1. The molecule has 1 aromatic carbocycles. The van der Waals surface area contributed by atoms with Crippen molar-refractivity contribution in [3.8, 4) is 0 Å². The van der Waals surface area contributed by atoms with Crippen LogP contribution < -0.4 is 0 Å². The van der Waals surface area contributed by atoms with Crippen molar-refractivity contribution in [1.82, 2.24) is 4.31 Å². The fourth-order valence-corrected chi connectivity index (χ4v) is 3.57. The predicted molar refractivity (Wildman–Crippen MR) is 82.2 cm³/mol. The molecule has 0 fully saturated rings.